The number of aliphatic hydroxyl groups excluding tert-OH is 5. The van der Waals surface area contributed by atoms with Crippen LogP contribution >= 0.6 is 23.2 Å². The van der Waals surface area contributed by atoms with Gasteiger partial charge in [-0.2, -0.15) is 0 Å². The Kier molecular flexibility index (Phi) is 25.8. The Morgan fingerprint density at radius 3 is 1.86 bits per heavy atom. The van der Waals surface area contributed by atoms with E-state index in [9.17, 15) is 58.9 Å². The summed E-state index contributed by atoms with van der Waals surface area (Å²) in [5, 5.41) is 115. The molecule has 4 aliphatic carbocycles. The van der Waals surface area contributed by atoms with Crippen LogP contribution in [-0.2, 0) is 53.1 Å². The number of benzene rings is 6. The van der Waals surface area contributed by atoms with E-state index in [0.717, 1.165) is 118 Å². The molecule has 117 heavy (non-hydrogen) atoms. The molecule has 8 amide bonds. The molecule has 0 unspecified atom stereocenters. The fraction of sp³-hybridized carbons (Fsp3) is 0.457. The van der Waals surface area contributed by atoms with E-state index < -0.39 is 205 Å². The number of phenolic OH excluding ortho intramolecular Hbond substituents is 3. The highest BCUT2D eigenvalue weighted by Crippen LogP contribution is 2.55. The highest BCUT2D eigenvalue weighted by Gasteiger charge is 2.51. The van der Waals surface area contributed by atoms with Crippen LogP contribution in [0.3, 0.4) is 0 Å². The number of carbonyl (C=O) groups excluding carboxylic acids is 8. The minimum Gasteiger partial charge on any atom is -0.508 e. The lowest BCUT2D eigenvalue weighted by Crippen LogP contribution is -2.60. The van der Waals surface area contributed by atoms with Crippen LogP contribution in [0.15, 0.2) is 108 Å². The number of nitrogens with one attached hydrogen (secondary N) is 9. The van der Waals surface area contributed by atoms with Gasteiger partial charge in [0, 0.05) is 29.8 Å². The third-order valence-corrected chi connectivity index (χ3v) is 24.6. The average molecular weight is 1680 g/mol. The number of halogens is 2. The Morgan fingerprint density at radius 1 is 0.632 bits per heavy atom. The number of hydrogen-bond donors (Lipinski definition) is 18. The van der Waals surface area contributed by atoms with Gasteiger partial charge in [-0.15, -0.1) is 0 Å². The Bertz CT molecular complexity index is 4900. The molecule has 4 saturated carbocycles. The minimum absolute atomic E-state index is 0.0619. The van der Waals surface area contributed by atoms with Gasteiger partial charge >= 0.3 is 0 Å². The van der Waals surface area contributed by atoms with Crippen LogP contribution < -0.4 is 71.9 Å². The van der Waals surface area contributed by atoms with E-state index in [0.29, 0.717) is 30.6 Å². The van der Waals surface area contributed by atoms with Gasteiger partial charge in [0.2, 0.25) is 59.3 Å². The van der Waals surface area contributed by atoms with E-state index in [1.165, 1.54) is 43.4 Å². The zero-order chi connectivity index (χ0) is 83.7. The first-order chi connectivity index (χ1) is 55.8. The van der Waals surface area contributed by atoms with Crippen molar-refractivity contribution in [2.45, 2.75) is 188 Å². The maximum absolute atomic E-state index is 16.4. The molecular weight excluding hydrogens is 1580 g/mol. The van der Waals surface area contributed by atoms with Crippen molar-refractivity contribution in [2.75, 3.05) is 20.2 Å². The molecule has 6 aromatic rings. The van der Waals surface area contributed by atoms with Crippen LogP contribution in [0.5, 0.6) is 51.7 Å². The lowest BCUT2D eigenvalue weighted by molar-refractivity contribution is -0.270. The van der Waals surface area contributed by atoms with Crippen molar-refractivity contribution in [1.82, 2.24) is 47.3 Å². The number of likely N-dealkylation sites (N-methyl/N-ethyl adjacent to an activating group) is 1. The van der Waals surface area contributed by atoms with Crippen molar-refractivity contribution in [3.8, 4) is 62.9 Å². The summed E-state index contributed by atoms with van der Waals surface area (Å²) in [6.45, 7) is 5.51. The zero-order valence-electron chi connectivity index (χ0n) is 64.0. The van der Waals surface area contributed by atoms with E-state index in [-0.39, 0.29) is 80.1 Å². The predicted molar refractivity (Wildman–Crippen MR) is 418 cm³/mol. The third kappa shape index (κ3) is 18.4. The van der Waals surface area contributed by atoms with Crippen LogP contribution in [0.25, 0.3) is 11.1 Å². The normalized spacial score (nSPS) is 27.8. The van der Waals surface area contributed by atoms with Gasteiger partial charge < -0.3 is 113 Å². The van der Waals surface area contributed by atoms with Crippen LogP contribution in [0, 0.1) is 29.6 Å². The number of amides is 8. The number of nitrogens with two attached hydrogens (primary N) is 1. The lowest BCUT2D eigenvalue weighted by Gasteiger charge is -2.54. The molecule has 1 saturated heterocycles. The van der Waals surface area contributed by atoms with Crippen molar-refractivity contribution in [2.24, 2.45) is 35.3 Å². The summed E-state index contributed by atoms with van der Waals surface area (Å²) in [7, 11) is -3.42. The van der Waals surface area contributed by atoms with Crippen LogP contribution in [0.4, 0.5) is 0 Å². The summed E-state index contributed by atoms with van der Waals surface area (Å²) in [5.74, 6) is -13.7. The lowest BCUT2D eigenvalue weighted by atomic mass is 9.54. The number of fused-ring (bicyclic) bond motifs is 15. The number of ether oxygens (including phenoxy) is 5. The van der Waals surface area contributed by atoms with Gasteiger partial charge in [-0.05, 0) is 188 Å². The second kappa shape index (κ2) is 35.6. The van der Waals surface area contributed by atoms with Gasteiger partial charge in [-0.1, -0.05) is 81.4 Å². The maximum Gasteiger partial charge on any atom is 0.264 e. The molecule has 626 valence electrons. The predicted octanol–water partition coefficient (Wildman–Crippen LogP) is 4.67. The number of rotatable bonds is 20. The molecule has 6 aromatic carbocycles. The smallest absolute Gasteiger partial charge is 0.264 e. The molecule has 10 aliphatic rings. The fourth-order valence-electron chi connectivity index (χ4n) is 16.9. The van der Waals surface area contributed by atoms with Crippen molar-refractivity contribution >= 4 is 80.5 Å². The van der Waals surface area contributed by atoms with Gasteiger partial charge in [0.05, 0.1) is 34.0 Å². The van der Waals surface area contributed by atoms with Crippen LogP contribution in [0.1, 0.15) is 150 Å². The Hall–Kier alpha value is -10.1. The summed E-state index contributed by atoms with van der Waals surface area (Å²) in [5.41, 5.74) is 3.71. The van der Waals surface area contributed by atoms with E-state index >= 15 is 28.8 Å². The molecule has 14 atom stereocenters. The van der Waals surface area contributed by atoms with Gasteiger partial charge in [-0.25, -0.2) is 13.1 Å². The molecule has 19 N–H and O–H groups in total. The molecular formula is C81H94Cl2N10O23S. The fourth-order valence-corrected chi connectivity index (χ4v) is 18.3. The molecule has 0 radical (unpaired) electrons. The first kappa shape index (κ1) is 84.8. The Labute approximate surface area is 682 Å². The molecule has 6 heterocycles. The molecule has 15 bridgehead atoms. The average Bonchev–Trinajstić information content (AvgIpc) is 0.762. The Morgan fingerprint density at radius 2 is 1.25 bits per heavy atom. The second-order valence-electron chi connectivity index (χ2n) is 31.3. The maximum atomic E-state index is 16.4. The minimum atomic E-state index is -4.89. The first-order valence-electron chi connectivity index (χ1n) is 38.8. The van der Waals surface area contributed by atoms with E-state index in [4.69, 9.17) is 52.6 Å². The monoisotopic (exact) mass is 1680 g/mol. The van der Waals surface area contributed by atoms with E-state index in [2.05, 4.69) is 42.5 Å². The quantitative estimate of drug-likeness (QED) is 0.0462. The molecule has 0 aromatic heterocycles. The number of hydrogen-bond acceptors (Lipinski definition) is 25. The second-order valence-corrected chi connectivity index (χ2v) is 33.8. The molecule has 5 fully saturated rings. The third-order valence-electron chi connectivity index (χ3n) is 22.6. The van der Waals surface area contributed by atoms with Crippen molar-refractivity contribution in [3.05, 3.63) is 141 Å². The summed E-state index contributed by atoms with van der Waals surface area (Å²) >= 11 is 14.3. The molecule has 16 rings (SSSR count). The molecule has 36 heteroatoms. The topological polar surface area (TPSA) is 513 Å². The van der Waals surface area contributed by atoms with Crippen LogP contribution in [-0.4, -0.2) is 178 Å². The number of sulfonamides is 1. The van der Waals surface area contributed by atoms with Gasteiger partial charge in [-0.3, -0.25) is 38.4 Å². The first-order valence-corrected chi connectivity index (χ1v) is 41.0. The van der Waals surface area contributed by atoms with Gasteiger partial charge in [0.15, 0.2) is 11.5 Å². The van der Waals surface area contributed by atoms with E-state index in [1.807, 2.05) is 25.5 Å². The summed E-state index contributed by atoms with van der Waals surface area (Å²) in [6, 6.07) is 4.57. The molecule has 0 spiro atoms. The highest BCUT2D eigenvalue weighted by molar-refractivity contribution is 7.90. The number of phenols is 3. The number of aliphatic hydroxyl groups is 5. The van der Waals surface area contributed by atoms with Crippen molar-refractivity contribution < 1.29 is 111 Å². The summed E-state index contributed by atoms with van der Waals surface area (Å²) < 4.78 is 61.8. The SMILES string of the molecule is CCCCCCOc1ccc(S(=O)(=O)NC(=O)C[C@@H]2NC(=O)[C@H](NC(=O)[C@@H](CC(C)C)NC)[C@H](O)c3ccc(c(Cl)c3)Oc3cc4cc(c3O[C@@H]3O[C@H](CN)[C@@H](O)[C@H](O)[C@H]3O)Oc3ccc(cc3Cl)[C@@H](O)[C@@H]3NC(=O)[C@H](NC(=O)[C@@H]4NC2=O)c2ccc(O)c(c2)-c2c(O)cc(O)cc2[C@@H](C(=O)NC2C4CC5CC(C4)CC2C5)NC3=O)cc1. The zero-order valence-corrected chi connectivity index (χ0v) is 66.3. The number of carbonyl (C=O) groups is 8. The Balaban J connectivity index is 0.989. The largest absolute Gasteiger partial charge is 0.508 e. The van der Waals surface area contributed by atoms with Gasteiger partial charge in [0.25, 0.3) is 10.0 Å². The number of unbranched alkanes of at least 4 members (excludes halogenated alkanes) is 3. The summed E-state index contributed by atoms with van der Waals surface area (Å²) in [6.07, 6.45) is -7.01. The van der Waals surface area contributed by atoms with Crippen molar-refractivity contribution in [1.29, 1.82) is 0 Å². The van der Waals surface area contributed by atoms with Gasteiger partial charge in [0.1, 0.15) is 107 Å². The molecule has 33 nitrogen and oxygen atoms in total. The highest BCUT2D eigenvalue weighted by atomic mass is 35.5. The molecule has 6 aliphatic heterocycles. The summed E-state index contributed by atoms with van der Waals surface area (Å²) in [4.78, 5) is 123. The number of aromatic hydroxyl groups is 3. The van der Waals surface area contributed by atoms with E-state index in [1.54, 1.807) is 0 Å². The van der Waals surface area contributed by atoms with Crippen LogP contribution in [0.2, 0.25) is 10.0 Å². The van der Waals surface area contributed by atoms with Crippen molar-refractivity contribution in [3.63, 3.8) is 0 Å². The standard InChI is InChI=1S/C81H94Cl2N10O23S/c1-5-6-7-8-19-112-45-12-14-46(15-13-45)117(110,111)93-60(97)33-52-75(104)88-64-43-29-57(113-55-17-10-39(27-49(55)82)68(98)66(79(108)86-52)91-74(103)51(85-4)20-35(2)3)73(116-81-72(102)71(101)70(100)59(34-84)115-81)58(30-43)114-56-18-11-40(28-50(56)83)69(99)67-80(109)90-65(78(107)87-62-41-22-36-21-37(24-41)25-42(62)23-36)48-31-44(94)32-54(96)61(48)47-26-38(9-16-53(47)95)63(76(105)92-67)89-77(64)106/h9-18,26-32,35-37,41-42,51-52,59,62-72,81,85,94-96,98-102H,5-8,19-25,33-34,84H2,1-4H3,(H,86,108)(H,87,107)(H,88,104)(H,89,106)(H,90,109)(H,91,103)(H,92,105)(H,93,97)/t36?,37?,41?,42?,51-,52+,59-,62?,63-,64-,65+,66-,67+,68-,69-,70-,71+,72-,81+/m1/s1.